The first-order chi connectivity index (χ1) is 8.65. The lowest BCUT2D eigenvalue weighted by Gasteiger charge is -2.28. The fraction of sp³-hybridized carbons (Fsp3) is 0.500. The molecular formula is C14H20Cl2N2O. The summed E-state index contributed by atoms with van der Waals surface area (Å²) in [7, 11) is 0. The van der Waals surface area contributed by atoms with Crippen molar-refractivity contribution in [3.63, 3.8) is 0 Å². The Kier molecular flexibility index (Phi) is 6.11. The number of benzene rings is 1. The van der Waals surface area contributed by atoms with Gasteiger partial charge in [-0.3, -0.25) is 4.79 Å². The number of carbonyl (C=O) groups excluding carboxylic acids is 1. The summed E-state index contributed by atoms with van der Waals surface area (Å²) in [6.07, 6.45) is 2.65. The Hall–Kier alpha value is -0.770. The predicted octanol–water partition coefficient (Wildman–Crippen LogP) is 3.16. The third-order valence-corrected chi connectivity index (χ3v) is 3.90. The van der Waals surface area contributed by atoms with Crippen molar-refractivity contribution in [1.29, 1.82) is 0 Å². The van der Waals surface area contributed by atoms with Crippen LogP contribution in [0.5, 0.6) is 0 Å². The quantitative estimate of drug-likeness (QED) is 0.932. The topological polar surface area (TPSA) is 46.3 Å². The largest absolute Gasteiger partial charge is 0.334 e. The van der Waals surface area contributed by atoms with Gasteiger partial charge in [-0.2, -0.15) is 0 Å². The van der Waals surface area contributed by atoms with Crippen LogP contribution in [-0.2, 0) is 4.79 Å². The van der Waals surface area contributed by atoms with Crippen LogP contribution >= 0.6 is 24.0 Å². The molecule has 1 unspecified atom stereocenters. The minimum atomic E-state index is -0.395. The molecule has 1 aromatic rings. The number of likely N-dealkylation sites (tertiary alicyclic amines) is 1. The van der Waals surface area contributed by atoms with E-state index in [-0.39, 0.29) is 24.4 Å². The summed E-state index contributed by atoms with van der Waals surface area (Å²) in [5.41, 5.74) is 6.89. The van der Waals surface area contributed by atoms with E-state index in [0.29, 0.717) is 6.42 Å². The van der Waals surface area contributed by atoms with Crippen molar-refractivity contribution in [2.75, 3.05) is 6.54 Å². The van der Waals surface area contributed by atoms with E-state index in [9.17, 15) is 4.79 Å². The van der Waals surface area contributed by atoms with E-state index < -0.39 is 6.04 Å². The Bertz CT molecular complexity index is 439. The van der Waals surface area contributed by atoms with Crippen molar-refractivity contribution >= 4 is 29.9 Å². The standard InChI is InChI=1S/C14H19ClN2O.ClH/c1-2-12(16)14(18)17-9-5-8-13(17)10-6-3-4-7-11(10)15;/h3-4,6-7,12-13H,2,5,8-9,16H2,1H3;1H/t12-,13?;/m0./s1. The molecule has 3 nitrogen and oxygen atoms in total. The molecule has 0 radical (unpaired) electrons. The van der Waals surface area contributed by atoms with Gasteiger partial charge < -0.3 is 10.6 Å². The van der Waals surface area contributed by atoms with E-state index in [0.717, 1.165) is 30.0 Å². The van der Waals surface area contributed by atoms with Crippen LogP contribution in [-0.4, -0.2) is 23.4 Å². The van der Waals surface area contributed by atoms with Crippen molar-refractivity contribution in [3.05, 3.63) is 34.9 Å². The maximum absolute atomic E-state index is 12.2. The lowest BCUT2D eigenvalue weighted by Crippen LogP contribution is -2.43. The molecule has 5 heteroatoms. The third kappa shape index (κ3) is 3.41. The highest BCUT2D eigenvalue weighted by molar-refractivity contribution is 6.31. The summed E-state index contributed by atoms with van der Waals surface area (Å²) in [6.45, 7) is 2.71. The molecule has 0 aromatic heterocycles. The normalized spacial score (nSPS) is 19.9. The molecule has 1 amide bonds. The Morgan fingerprint density at radius 3 is 2.84 bits per heavy atom. The summed E-state index contributed by atoms with van der Waals surface area (Å²) < 4.78 is 0. The van der Waals surface area contributed by atoms with Gasteiger partial charge in [0.2, 0.25) is 5.91 Å². The molecule has 0 saturated carbocycles. The molecule has 106 valence electrons. The van der Waals surface area contributed by atoms with E-state index >= 15 is 0 Å². The molecule has 1 fully saturated rings. The lowest BCUT2D eigenvalue weighted by molar-refractivity contribution is -0.133. The van der Waals surface area contributed by atoms with Crippen molar-refractivity contribution in [1.82, 2.24) is 4.90 Å². The Morgan fingerprint density at radius 1 is 1.53 bits per heavy atom. The lowest BCUT2D eigenvalue weighted by atomic mass is 10.0. The number of hydrogen-bond donors (Lipinski definition) is 1. The molecule has 1 aromatic carbocycles. The van der Waals surface area contributed by atoms with Gasteiger partial charge in [-0.05, 0) is 30.9 Å². The van der Waals surface area contributed by atoms with Crippen molar-refractivity contribution in [2.45, 2.75) is 38.3 Å². The average molecular weight is 303 g/mol. The fourth-order valence-corrected chi connectivity index (χ4v) is 2.75. The minimum absolute atomic E-state index is 0. The first kappa shape index (κ1) is 16.3. The van der Waals surface area contributed by atoms with Gasteiger partial charge in [0, 0.05) is 11.6 Å². The number of carbonyl (C=O) groups is 1. The van der Waals surface area contributed by atoms with Gasteiger partial charge in [0.15, 0.2) is 0 Å². The van der Waals surface area contributed by atoms with Crippen LogP contribution in [0.1, 0.15) is 37.8 Å². The predicted molar refractivity (Wildman–Crippen MR) is 80.7 cm³/mol. The molecule has 0 bridgehead atoms. The SMILES string of the molecule is CC[C@H](N)C(=O)N1CCCC1c1ccccc1Cl.Cl. The molecule has 19 heavy (non-hydrogen) atoms. The van der Waals surface area contributed by atoms with E-state index in [4.69, 9.17) is 17.3 Å². The van der Waals surface area contributed by atoms with Crippen LogP contribution in [0.25, 0.3) is 0 Å². The van der Waals surface area contributed by atoms with Gasteiger partial charge in [0.05, 0.1) is 12.1 Å². The van der Waals surface area contributed by atoms with Crippen molar-refractivity contribution in [2.24, 2.45) is 5.73 Å². The highest BCUT2D eigenvalue weighted by atomic mass is 35.5. The van der Waals surface area contributed by atoms with E-state index in [1.807, 2.05) is 36.1 Å². The molecular weight excluding hydrogens is 283 g/mol. The zero-order valence-corrected chi connectivity index (χ0v) is 12.6. The summed E-state index contributed by atoms with van der Waals surface area (Å²) >= 11 is 6.22. The summed E-state index contributed by atoms with van der Waals surface area (Å²) in [4.78, 5) is 14.1. The Balaban J connectivity index is 0.00000180. The van der Waals surface area contributed by atoms with Crippen LogP contribution in [0.15, 0.2) is 24.3 Å². The average Bonchev–Trinajstić information content (AvgIpc) is 2.86. The minimum Gasteiger partial charge on any atom is -0.334 e. The Labute approximate surface area is 125 Å². The van der Waals surface area contributed by atoms with Gasteiger partial charge in [0.1, 0.15) is 0 Å². The van der Waals surface area contributed by atoms with Crippen molar-refractivity contribution < 1.29 is 4.79 Å². The first-order valence-corrected chi connectivity index (χ1v) is 6.83. The number of nitrogens with zero attached hydrogens (tertiary/aromatic N) is 1. The summed E-state index contributed by atoms with van der Waals surface area (Å²) in [5.74, 6) is 0.0416. The number of hydrogen-bond acceptors (Lipinski definition) is 2. The molecule has 1 aliphatic heterocycles. The number of amides is 1. The van der Waals surface area contributed by atoms with Crippen LogP contribution in [0.2, 0.25) is 5.02 Å². The van der Waals surface area contributed by atoms with Crippen LogP contribution in [0.4, 0.5) is 0 Å². The molecule has 1 heterocycles. The van der Waals surface area contributed by atoms with Crippen LogP contribution in [0, 0.1) is 0 Å². The molecule has 0 aliphatic carbocycles. The number of halogens is 2. The number of rotatable bonds is 3. The van der Waals surface area contributed by atoms with E-state index in [1.165, 1.54) is 0 Å². The highest BCUT2D eigenvalue weighted by Gasteiger charge is 2.32. The van der Waals surface area contributed by atoms with E-state index in [2.05, 4.69) is 0 Å². The second-order valence-corrected chi connectivity index (χ2v) is 5.13. The second-order valence-electron chi connectivity index (χ2n) is 4.73. The van der Waals surface area contributed by atoms with E-state index in [1.54, 1.807) is 0 Å². The summed E-state index contributed by atoms with van der Waals surface area (Å²) in [5, 5.41) is 0.729. The van der Waals surface area contributed by atoms with Gasteiger partial charge in [-0.15, -0.1) is 12.4 Å². The molecule has 2 atom stereocenters. The third-order valence-electron chi connectivity index (χ3n) is 3.56. The number of nitrogens with two attached hydrogens (primary N) is 1. The Morgan fingerprint density at radius 2 is 2.21 bits per heavy atom. The van der Waals surface area contributed by atoms with Crippen LogP contribution < -0.4 is 5.73 Å². The molecule has 2 rings (SSSR count). The first-order valence-electron chi connectivity index (χ1n) is 6.45. The maximum atomic E-state index is 12.2. The van der Waals surface area contributed by atoms with Crippen molar-refractivity contribution in [3.8, 4) is 0 Å². The molecule has 0 spiro atoms. The smallest absolute Gasteiger partial charge is 0.239 e. The van der Waals surface area contributed by atoms with Gasteiger partial charge >= 0.3 is 0 Å². The highest BCUT2D eigenvalue weighted by Crippen LogP contribution is 2.35. The zero-order valence-electron chi connectivity index (χ0n) is 11.0. The van der Waals surface area contributed by atoms with Gasteiger partial charge in [0.25, 0.3) is 0 Å². The zero-order chi connectivity index (χ0) is 13.1. The molecule has 1 aliphatic rings. The van der Waals surface area contributed by atoms with Crippen LogP contribution in [0.3, 0.4) is 0 Å². The molecule has 2 N–H and O–H groups in total. The van der Waals surface area contributed by atoms with Gasteiger partial charge in [-0.1, -0.05) is 36.7 Å². The summed E-state index contributed by atoms with van der Waals surface area (Å²) in [6, 6.07) is 7.43. The second kappa shape index (κ2) is 7.13. The maximum Gasteiger partial charge on any atom is 0.239 e. The van der Waals surface area contributed by atoms with Gasteiger partial charge in [-0.25, -0.2) is 0 Å². The monoisotopic (exact) mass is 302 g/mol. The molecule has 1 saturated heterocycles. The fourth-order valence-electron chi connectivity index (χ4n) is 2.49.